The van der Waals surface area contributed by atoms with E-state index in [1.807, 2.05) is 0 Å². The maximum Gasteiger partial charge on any atom is 0.0333 e. The van der Waals surface area contributed by atoms with E-state index in [9.17, 15) is 0 Å². The highest BCUT2D eigenvalue weighted by atomic mass is 15.3. The molecule has 1 aliphatic carbocycles. The number of nitrogens with zero attached hydrogens (tertiary/aromatic N) is 2. The Morgan fingerprint density at radius 3 is 2.15 bits per heavy atom. The van der Waals surface area contributed by atoms with Crippen LogP contribution in [0.2, 0.25) is 0 Å². The molecule has 0 aromatic heterocycles. The Morgan fingerprint density at radius 2 is 1.65 bits per heavy atom. The van der Waals surface area contributed by atoms with Crippen LogP contribution in [-0.4, -0.2) is 54.6 Å². The lowest BCUT2D eigenvalue weighted by Crippen LogP contribution is -2.61. The summed E-state index contributed by atoms with van der Waals surface area (Å²) in [4.78, 5) is 5.35. The number of hydrogen-bond donors (Lipinski definition) is 1. The Kier molecular flexibility index (Phi) is 6.31. The lowest BCUT2D eigenvalue weighted by Gasteiger charge is -2.50. The number of piperazine rings is 1. The van der Waals surface area contributed by atoms with E-state index in [1.54, 1.807) is 0 Å². The largest absolute Gasteiger partial charge is 0.329 e. The molecular formula is C17H35N3. The fourth-order valence-electron chi connectivity index (χ4n) is 4.32. The lowest BCUT2D eigenvalue weighted by molar-refractivity contribution is 0.00292. The summed E-state index contributed by atoms with van der Waals surface area (Å²) in [6.07, 6.45) is 9.52. The molecule has 0 aromatic carbocycles. The molecule has 0 radical (unpaired) electrons. The first-order valence-electron chi connectivity index (χ1n) is 8.91. The highest BCUT2D eigenvalue weighted by Gasteiger charge is 2.39. The average Bonchev–Trinajstić information content (AvgIpc) is 2.50. The first kappa shape index (κ1) is 16.3. The predicted molar refractivity (Wildman–Crippen MR) is 87.0 cm³/mol. The van der Waals surface area contributed by atoms with E-state index < -0.39 is 0 Å². The van der Waals surface area contributed by atoms with Gasteiger partial charge in [0.2, 0.25) is 0 Å². The summed E-state index contributed by atoms with van der Waals surface area (Å²) >= 11 is 0. The molecule has 0 atom stereocenters. The molecule has 0 bridgehead atoms. The molecule has 0 unspecified atom stereocenters. The molecule has 0 aromatic rings. The molecule has 0 spiro atoms. The predicted octanol–water partition coefficient (Wildman–Crippen LogP) is 2.70. The van der Waals surface area contributed by atoms with Gasteiger partial charge in [0.1, 0.15) is 0 Å². The van der Waals surface area contributed by atoms with Crippen LogP contribution in [0.25, 0.3) is 0 Å². The molecule has 1 aliphatic heterocycles. The van der Waals surface area contributed by atoms with E-state index in [4.69, 9.17) is 5.73 Å². The summed E-state index contributed by atoms with van der Waals surface area (Å²) < 4.78 is 0. The zero-order valence-corrected chi connectivity index (χ0v) is 13.7. The van der Waals surface area contributed by atoms with Crippen molar-refractivity contribution in [3.63, 3.8) is 0 Å². The fraction of sp³-hybridized carbons (Fsp3) is 1.00. The molecule has 1 heterocycles. The van der Waals surface area contributed by atoms with Gasteiger partial charge in [-0.15, -0.1) is 0 Å². The smallest absolute Gasteiger partial charge is 0.0333 e. The first-order chi connectivity index (χ1) is 9.74. The molecule has 2 aliphatic rings. The van der Waals surface area contributed by atoms with Crippen molar-refractivity contribution in [3.8, 4) is 0 Å². The van der Waals surface area contributed by atoms with Crippen LogP contribution in [0.4, 0.5) is 0 Å². The SMILES string of the molecule is CCCC1CCC(CN)(N2CCN(CCC)CC2)CC1. The second kappa shape index (κ2) is 7.77. The molecule has 1 saturated carbocycles. The maximum absolute atomic E-state index is 6.23. The molecule has 3 heteroatoms. The van der Waals surface area contributed by atoms with Gasteiger partial charge in [0, 0.05) is 38.3 Å². The van der Waals surface area contributed by atoms with Gasteiger partial charge >= 0.3 is 0 Å². The van der Waals surface area contributed by atoms with Crippen LogP contribution in [0, 0.1) is 5.92 Å². The van der Waals surface area contributed by atoms with E-state index in [0.717, 1.165) is 12.5 Å². The molecule has 3 nitrogen and oxygen atoms in total. The minimum atomic E-state index is 0.336. The van der Waals surface area contributed by atoms with Gasteiger partial charge in [-0.1, -0.05) is 26.7 Å². The normalized spacial score (nSPS) is 33.5. The first-order valence-corrected chi connectivity index (χ1v) is 8.91. The Hall–Kier alpha value is -0.120. The quantitative estimate of drug-likeness (QED) is 0.812. The Balaban J connectivity index is 1.86. The topological polar surface area (TPSA) is 32.5 Å². The zero-order chi connectivity index (χ0) is 14.4. The van der Waals surface area contributed by atoms with Gasteiger partial charge in [-0.2, -0.15) is 0 Å². The van der Waals surface area contributed by atoms with Crippen molar-refractivity contribution in [1.29, 1.82) is 0 Å². The minimum absolute atomic E-state index is 0.336. The van der Waals surface area contributed by atoms with Gasteiger partial charge in [-0.25, -0.2) is 0 Å². The van der Waals surface area contributed by atoms with Crippen molar-refractivity contribution in [2.45, 2.75) is 64.3 Å². The van der Waals surface area contributed by atoms with Gasteiger partial charge in [0.25, 0.3) is 0 Å². The van der Waals surface area contributed by atoms with Crippen LogP contribution in [0.3, 0.4) is 0 Å². The Labute approximate surface area is 125 Å². The second-order valence-corrected chi connectivity index (χ2v) is 6.99. The molecule has 2 rings (SSSR count). The van der Waals surface area contributed by atoms with Gasteiger partial charge in [0.05, 0.1) is 0 Å². The van der Waals surface area contributed by atoms with Crippen LogP contribution >= 0.6 is 0 Å². The van der Waals surface area contributed by atoms with E-state index in [0.29, 0.717) is 5.54 Å². The minimum Gasteiger partial charge on any atom is -0.329 e. The third kappa shape index (κ3) is 3.75. The summed E-state index contributed by atoms with van der Waals surface area (Å²) in [6.45, 7) is 11.7. The van der Waals surface area contributed by atoms with E-state index in [2.05, 4.69) is 23.6 Å². The van der Waals surface area contributed by atoms with Crippen LogP contribution in [0.5, 0.6) is 0 Å². The number of nitrogens with two attached hydrogens (primary N) is 1. The Bertz CT molecular complexity index is 263. The van der Waals surface area contributed by atoms with Crippen molar-refractivity contribution >= 4 is 0 Å². The van der Waals surface area contributed by atoms with Crippen molar-refractivity contribution in [2.75, 3.05) is 39.3 Å². The van der Waals surface area contributed by atoms with Crippen LogP contribution < -0.4 is 5.73 Å². The van der Waals surface area contributed by atoms with Gasteiger partial charge in [0.15, 0.2) is 0 Å². The summed E-state index contributed by atoms with van der Waals surface area (Å²) in [7, 11) is 0. The van der Waals surface area contributed by atoms with E-state index in [-0.39, 0.29) is 0 Å². The summed E-state index contributed by atoms with van der Waals surface area (Å²) in [5.41, 5.74) is 6.56. The van der Waals surface area contributed by atoms with E-state index in [1.165, 1.54) is 77.7 Å². The van der Waals surface area contributed by atoms with Crippen LogP contribution in [0.1, 0.15) is 58.8 Å². The average molecular weight is 281 g/mol. The van der Waals surface area contributed by atoms with E-state index >= 15 is 0 Å². The molecule has 2 fully saturated rings. The zero-order valence-electron chi connectivity index (χ0n) is 13.7. The van der Waals surface area contributed by atoms with Gasteiger partial charge in [-0.05, 0) is 44.6 Å². The second-order valence-electron chi connectivity index (χ2n) is 6.99. The van der Waals surface area contributed by atoms with Crippen LogP contribution in [-0.2, 0) is 0 Å². The molecule has 118 valence electrons. The summed E-state index contributed by atoms with van der Waals surface area (Å²) in [5.74, 6) is 0.973. The summed E-state index contributed by atoms with van der Waals surface area (Å²) in [5, 5.41) is 0. The molecule has 20 heavy (non-hydrogen) atoms. The van der Waals surface area contributed by atoms with Gasteiger partial charge < -0.3 is 10.6 Å². The standard InChI is InChI=1S/C17H35N3/c1-3-5-16-6-8-17(15-18,9-7-16)20-13-11-19(10-4-2)12-14-20/h16H,3-15,18H2,1-2H3. The summed E-state index contributed by atoms with van der Waals surface area (Å²) in [6, 6.07) is 0. The van der Waals surface area contributed by atoms with Crippen molar-refractivity contribution < 1.29 is 0 Å². The van der Waals surface area contributed by atoms with Gasteiger partial charge in [-0.3, -0.25) is 4.90 Å². The number of hydrogen-bond acceptors (Lipinski definition) is 3. The monoisotopic (exact) mass is 281 g/mol. The third-order valence-corrected chi connectivity index (χ3v) is 5.70. The maximum atomic E-state index is 6.23. The fourth-order valence-corrected chi connectivity index (χ4v) is 4.32. The van der Waals surface area contributed by atoms with Crippen molar-refractivity contribution in [2.24, 2.45) is 11.7 Å². The van der Waals surface area contributed by atoms with Crippen molar-refractivity contribution in [3.05, 3.63) is 0 Å². The number of rotatable bonds is 6. The van der Waals surface area contributed by atoms with Crippen molar-refractivity contribution in [1.82, 2.24) is 9.80 Å². The molecule has 0 amide bonds. The molecule has 1 saturated heterocycles. The third-order valence-electron chi connectivity index (χ3n) is 5.70. The molecular weight excluding hydrogens is 246 g/mol. The lowest BCUT2D eigenvalue weighted by atomic mass is 9.74. The highest BCUT2D eigenvalue weighted by Crippen LogP contribution is 2.38. The molecule has 2 N–H and O–H groups in total. The highest BCUT2D eigenvalue weighted by molar-refractivity contribution is 4.97. The Morgan fingerprint density at radius 1 is 1.00 bits per heavy atom. The van der Waals surface area contributed by atoms with Crippen LogP contribution in [0.15, 0.2) is 0 Å².